The molecule has 1 atom stereocenters. The largest absolute Gasteiger partial charge is 0.493 e. The minimum Gasteiger partial charge on any atom is -0.493 e. The number of hydrogen-bond acceptors (Lipinski definition) is 6. The highest BCUT2D eigenvalue weighted by Gasteiger charge is 2.38. The molecule has 4 nitrogen and oxygen atoms in total. The zero-order valence-corrected chi connectivity index (χ0v) is 17.3. The van der Waals surface area contributed by atoms with Gasteiger partial charge in [-0.15, -0.1) is 11.3 Å². The quantitative estimate of drug-likeness (QED) is 0.546. The average molecular weight is 409 g/mol. The number of carbonyl (C=O) groups is 1. The molecule has 3 aromatic rings. The highest BCUT2D eigenvalue weighted by atomic mass is 32.2. The monoisotopic (exact) mass is 408 g/mol. The topological polar surface area (TPSA) is 63.0 Å². The highest BCUT2D eigenvalue weighted by Crippen LogP contribution is 2.42. The van der Waals surface area contributed by atoms with Crippen LogP contribution in [-0.2, 0) is 4.79 Å². The minimum atomic E-state index is -0.559. The Morgan fingerprint density at radius 2 is 2.00 bits per heavy atom. The molecule has 2 heterocycles. The number of nitrogens with zero attached hydrogens (tertiary/aromatic N) is 1. The molecule has 1 aliphatic rings. The second-order valence-electron chi connectivity index (χ2n) is 7.05. The van der Waals surface area contributed by atoms with E-state index in [2.05, 4.69) is 18.8 Å². The van der Waals surface area contributed by atoms with Crippen molar-refractivity contribution in [3.05, 3.63) is 63.5 Å². The van der Waals surface area contributed by atoms with E-state index >= 15 is 0 Å². The molecule has 2 aromatic carbocycles. The molecule has 1 aromatic heterocycles. The van der Waals surface area contributed by atoms with Crippen molar-refractivity contribution >= 4 is 50.8 Å². The number of carbonyl (C=O) groups excluding carboxylic acids is 1. The molecule has 28 heavy (non-hydrogen) atoms. The van der Waals surface area contributed by atoms with Crippen LogP contribution in [0.5, 0.6) is 5.75 Å². The first kappa shape index (κ1) is 18.9. The number of fused-ring (bicyclic) bond motifs is 1. The van der Waals surface area contributed by atoms with E-state index < -0.39 is 5.92 Å². The van der Waals surface area contributed by atoms with Crippen LogP contribution < -0.4 is 4.74 Å². The van der Waals surface area contributed by atoms with Crippen LogP contribution in [0.4, 0.5) is 0 Å². The van der Waals surface area contributed by atoms with E-state index in [-0.39, 0.29) is 5.78 Å². The summed E-state index contributed by atoms with van der Waals surface area (Å²) in [6.45, 7) is 4.90. The van der Waals surface area contributed by atoms with Gasteiger partial charge < -0.3 is 4.74 Å². The molecule has 1 N–H and O–H groups in total. The number of ketones is 1. The van der Waals surface area contributed by atoms with E-state index in [1.54, 1.807) is 6.20 Å². The summed E-state index contributed by atoms with van der Waals surface area (Å²) in [6.07, 6.45) is 3.57. The maximum absolute atomic E-state index is 12.9. The number of aromatic nitrogens is 1. The molecule has 1 aliphatic heterocycles. The summed E-state index contributed by atoms with van der Waals surface area (Å²) in [7, 11) is 0. The number of thioether (sulfide) groups is 1. The molecule has 0 spiro atoms. The molecule has 142 valence electrons. The Morgan fingerprint density at radius 1 is 1.21 bits per heavy atom. The van der Waals surface area contributed by atoms with E-state index in [4.69, 9.17) is 10.1 Å². The van der Waals surface area contributed by atoms with Crippen molar-refractivity contribution in [2.24, 2.45) is 5.92 Å². The van der Waals surface area contributed by atoms with Gasteiger partial charge >= 0.3 is 0 Å². The number of benzene rings is 2. The lowest BCUT2D eigenvalue weighted by Gasteiger charge is -2.13. The maximum Gasteiger partial charge on any atom is 0.186 e. The van der Waals surface area contributed by atoms with E-state index in [0.717, 1.165) is 22.1 Å². The number of ether oxygens (including phenoxy) is 1. The second-order valence-corrected chi connectivity index (χ2v) is 9.06. The van der Waals surface area contributed by atoms with Crippen molar-refractivity contribution in [1.29, 1.82) is 5.41 Å². The number of thiazole rings is 1. The predicted octanol–water partition coefficient (Wildman–Crippen LogP) is 5.75. The molecule has 0 unspecified atom stereocenters. The van der Waals surface area contributed by atoms with Gasteiger partial charge in [0.15, 0.2) is 5.78 Å². The first-order valence-corrected chi connectivity index (χ1v) is 10.8. The smallest absolute Gasteiger partial charge is 0.186 e. The van der Waals surface area contributed by atoms with Gasteiger partial charge in [0.2, 0.25) is 0 Å². The molecule has 6 heteroatoms. The number of nitrogens with one attached hydrogen (secondary N) is 1. The number of allylic oxidation sites excluding steroid dienone is 1. The van der Waals surface area contributed by atoms with E-state index in [1.807, 2.05) is 47.9 Å². The predicted molar refractivity (Wildman–Crippen MR) is 117 cm³/mol. The van der Waals surface area contributed by atoms with Gasteiger partial charge in [-0.25, -0.2) is 4.98 Å². The summed E-state index contributed by atoms with van der Waals surface area (Å²) >= 11 is 2.65. The lowest BCUT2D eigenvalue weighted by Crippen LogP contribution is -2.11. The Bertz CT molecular complexity index is 1070. The van der Waals surface area contributed by atoms with Crippen molar-refractivity contribution in [3.63, 3.8) is 0 Å². The van der Waals surface area contributed by atoms with E-state index in [9.17, 15) is 4.79 Å². The fourth-order valence-corrected chi connectivity index (χ4v) is 4.93. The van der Waals surface area contributed by atoms with Gasteiger partial charge in [0.1, 0.15) is 16.7 Å². The van der Waals surface area contributed by atoms with Crippen LogP contribution in [0.2, 0.25) is 0 Å². The fourth-order valence-electron chi connectivity index (χ4n) is 3.14. The number of hydrogen-bond donors (Lipinski definition) is 1. The first-order chi connectivity index (χ1) is 13.5. The Hall–Kier alpha value is -2.44. The van der Waals surface area contributed by atoms with Gasteiger partial charge in [0.25, 0.3) is 0 Å². The molecular weight excluding hydrogens is 388 g/mol. The summed E-state index contributed by atoms with van der Waals surface area (Å²) in [6, 6.07) is 12.0. The van der Waals surface area contributed by atoms with Crippen LogP contribution in [0.15, 0.2) is 52.9 Å². The van der Waals surface area contributed by atoms with Gasteiger partial charge in [-0.3, -0.25) is 10.2 Å². The lowest BCUT2D eigenvalue weighted by atomic mass is 10.0. The molecular formula is C22H20N2O2S2. The maximum atomic E-state index is 12.9. The van der Waals surface area contributed by atoms with Crippen LogP contribution >= 0.6 is 23.1 Å². The van der Waals surface area contributed by atoms with Gasteiger partial charge in [0, 0.05) is 17.0 Å². The van der Waals surface area contributed by atoms with Crippen LogP contribution in [0.25, 0.3) is 16.8 Å². The summed E-state index contributed by atoms with van der Waals surface area (Å²) in [5.74, 6) is 0.692. The Morgan fingerprint density at radius 3 is 2.71 bits per heavy atom. The molecule has 1 saturated heterocycles. The third-order valence-corrected chi connectivity index (χ3v) is 6.30. The summed E-state index contributed by atoms with van der Waals surface area (Å²) in [4.78, 5) is 17.7. The van der Waals surface area contributed by atoms with Gasteiger partial charge in [0.05, 0.1) is 16.6 Å². The average Bonchev–Trinajstić information content (AvgIpc) is 3.29. The van der Waals surface area contributed by atoms with Crippen molar-refractivity contribution < 1.29 is 9.53 Å². The SMILES string of the molecule is CC(C)COc1ccc(/C=C2\SC(=N)[C@H](c3nccs3)C2=O)c2ccccc12. The van der Waals surface area contributed by atoms with Crippen molar-refractivity contribution in [2.75, 3.05) is 6.61 Å². The van der Waals surface area contributed by atoms with E-state index in [1.165, 1.54) is 23.1 Å². The second kappa shape index (κ2) is 7.89. The van der Waals surface area contributed by atoms with E-state index in [0.29, 0.717) is 27.5 Å². The molecule has 0 aliphatic carbocycles. The van der Waals surface area contributed by atoms with Gasteiger partial charge in [-0.05, 0) is 29.0 Å². The minimum absolute atomic E-state index is 0.0471. The standard InChI is InChI=1S/C22H20N2O2S2/c1-13(2)12-26-17-8-7-14(15-5-3-4-6-16(15)17)11-18-20(25)19(21(23)28-18)22-24-9-10-27-22/h3-11,13,19,23H,12H2,1-2H3/b18-11-,23-21?/t19-/m1/s1. The Balaban J connectivity index is 1.71. The first-order valence-electron chi connectivity index (χ1n) is 9.10. The summed E-state index contributed by atoms with van der Waals surface area (Å²) in [5.41, 5.74) is 0.955. The highest BCUT2D eigenvalue weighted by molar-refractivity contribution is 8.19. The molecule has 0 radical (unpaired) electrons. The van der Waals surface area contributed by atoms with Gasteiger partial charge in [-0.1, -0.05) is 55.9 Å². The van der Waals surface area contributed by atoms with Crippen molar-refractivity contribution in [1.82, 2.24) is 4.98 Å². The number of Topliss-reactive ketones (excluding diaryl/α,β-unsaturated/α-hetero) is 1. The lowest BCUT2D eigenvalue weighted by molar-refractivity contribution is -0.114. The molecule has 1 fully saturated rings. The molecule has 0 saturated carbocycles. The van der Waals surface area contributed by atoms with Crippen LogP contribution in [0, 0.1) is 11.3 Å². The van der Waals surface area contributed by atoms with Crippen LogP contribution in [0.1, 0.15) is 30.3 Å². The zero-order chi connectivity index (χ0) is 19.7. The molecule has 4 rings (SSSR count). The number of rotatable bonds is 5. The molecule has 0 amide bonds. The molecule has 0 bridgehead atoms. The Kier molecular flexibility index (Phi) is 5.33. The third-order valence-electron chi connectivity index (χ3n) is 4.46. The van der Waals surface area contributed by atoms with Crippen molar-refractivity contribution in [3.8, 4) is 5.75 Å². The van der Waals surface area contributed by atoms with Crippen LogP contribution in [0.3, 0.4) is 0 Å². The van der Waals surface area contributed by atoms with Crippen molar-refractivity contribution in [2.45, 2.75) is 19.8 Å². The summed E-state index contributed by atoms with van der Waals surface area (Å²) in [5, 5.41) is 13.2. The Labute approximate surface area is 172 Å². The van der Waals surface area contributed by atoms with Gasteiger partial charge in [-0.2, -0.15) is 0 Å². The normalized spacial score (nSPS) is 18.5. The van der Waals surface area contributed by atoms with Crippen LogP contribution in [-0.4, -0.2) is 22.4 Å². The summed E-state index contributed by atoms with van der Waals surface area (Å²) < 4.78 is 5.98. The zero-order valence-electron chi connectivity index (χ0n) is 15.6. The third kappa shape index (κ3) is 3.62. The fraction of sp³-hybridized carbons (Fsp3) is 0.227.